The summed E-state index contributed by atoms with van der Waals surface area (Å²) >= 11 is 0. The minimum Gasteiger partial charge on any atom is -0.468 e. The van der Waals surface area contributed by atoms with Gasteiger partial charge >= 0.3 is 5.97 Å². The Morgan fingerprint density at radius 1 is 1.39 bits per heavy atom. The molecule has 3 atom stereocenters. The average molecular weight is 254 g/mol. The summed E-state index contributed by atoms with van der Waals surface area (Å²) in [6.45, 7) is 7.49. The van der Waals surface area contributed by atoms with Crippen LogP contribution in [-0.2, 0) is 9.53 Å². The molecule has 0 aromatic carbocycles. The second-order valence-electron chi connectivity index (χ2n) is 6.12. The quantitative estimate of drug-likeness (QED) is 0.753. The number of carbonyl (C=O) groups excluding carboxylic acids is 1. The number of carbonyl (C=O) groups is 1. The molecule has 0 aromatic heterocycles. The van der Waals surface area contributed by atoms with Crippen molar-refractivity contribution in [1.82, 2.24) is 10.2 Å². The molecule has 2 fully saturated rings. The summed E-state index contributed by atoms with van der Waals surface area (Å²) in [5, 5.41) is 3.49. The van der Waals surface area contributed by atoms with E-state index in [0.717, 1.165) is 19.0 Å². The van der Waals surface area contributed by atoms with Gasteiger partial charge in [0.05, 0.1) is 7.11 Å². The maximum atomic E-state index is 11.8. The lowest BCUT2D eigenvalue weighted by molar-refractivity contribution is -0.144. The Bertz CT molecular complexity index is 302. The van der Waals surface area contributed by atoms with Crippen LogP contribution in [0, 0.1) is 5.92 Å². The molecule has 0 radical (unpaired) electrons. The number of nitrogens with zero attached hydrogens (tertiary/aromatic N) is 1. The molecule has 2 rings (SSSR count). The Morgan fingerprint density at radius 2 is 2.06 bits per heavy atom. The van der Waals surface area contributed by atoms with E-state index < -0.39 is 0 Å². The molecule has 18 heavy (non-hydrogen) atoms. The Hall–Kier alpha value is -0.610. The van der Waals surface area contributed by atoms with Crippen LogP contribution in [0.15, 0.2) is 0 Å². The standard InChI is InChI=1S/C14H26N2O2/c1-9(2)13(14(17)18-4)15-11-7-10(3)16(8-11)12-5-6-12/h9-13,15H,5-8H2,1-4H3/t10?,11?,13-/m0/s1. The SMILES string of the molecule is COC(=O)[C@@H](NC1CC(C)N(C2CC2)C1)C(C)C. The predicted octanol–water partition coefficient (Wildman–Crippen LogP) is 1.40. The van der Waals surface area contributed by atoms with Crippen LogP contribution in [0.2, 0.25) is 0 Å². The molecule has 2 aliphatic rings. The van der Waals surface area contributed by atoms with Crippen LogP contribution in [0.3, 0.4) is 0 Å². The molecule has 1 saturated heterocycles. The zero-order chi connectivity index (χ0) is 13.3. The summed E-state index contributed by atoms with van der Waals surface area (Å²) < 4.78 is 4.88. The van der Waals surface area contributed by atoms with Crippen LogP contribution in [-0.4, -0.2) is 48.7 Å². The molecule has 1 heterocycles. The molecule has 4 nitrogen and oxygen atoms in total. The van der Waals surface area contributed by atoms with Crippen molar-refractivity contribution in [1.29, 1.82) is 0 Å². The summed E-state index contributed by atoms with van der Waals surface area (Å²) in [6.07, 6.45) is 3.83. The Balaban J connectivity index is 1.90. The lowest BCUT2D eigenvalue weighted by Gasteiger charge is -2.24. The Labute approximate surface area is 110 Å². The minimum absolute atomic E-state index is 0.137. The zero-order valence-electron chi connectivity index (χ0n) is 12.0. The highest BCUT2D eigenvalue weighted by Gasteiger charge is 2.40. The summed E-state index contributed by atoms with van der Waals surface area (Å²) in [5.41, 5.74) is 0. The second kappa shape index (κ2) is 5.57. The first kappa shape index (κ1) is 13.8. The monoisotopic (exact) mass is 254 g/mol. The van der Waals surface area contributed by atoms with Crippen molar-refractivity contribution in [2.24, 2.45) is 5.92 Å². The van der Waals surface area contributed by atoms with Gasteiger partial charge < -0.3 is 10.1 Å². The molecule has 1 saturated carbocycles. The van der Waals surface area contributed by atoms with Crippen molar-refractivity contribution in [3.05, 3.63) is 0 Å². The Kier molecular flexibility index (Phi) is 4.28. The molecule has 0 spiro atoms. The van der Waals surface area contributed by atoms with Crippen molar-refractivity contribution < 1.29 is 9.53 Å². The van der Waals surface area contributed by atoms with Gasteiger partial charge in [0.25, 0.3) is 0 Å². The summed E-state index contributed by atoms with van der Waals surface area (Å²) in [7, 11) is 1.47. The number of methoxy groups -OCH3 is 1. The first-order valence-corrected chi connectivity index (χ1v) is 7.12. The molecular weight excluding hydrogens is 228 g/mol. The highest BCUT2D eigenvalue weighted by molar-refractivity contribution is 5.76. The van der Waals surface area contributed by atoms with E-state index in [-0.39, 0.29) is 17.9 Å². The third-order valence-electron chi connectivity index (χ3n) is 4.18. The fourth-order valence-electron chi connectivity index (χ4n) is 3.01. The largest absolute Gasteiger partial charge is 0.468 e. The van der Waals surface area contributed by atoms with Gasteiger partial charge in [0, 0.05) is 24.7 Å². The normalized spacial score (nSPS) is 30.7. The fraction of sp³-hybridized carbons (Fsp3) is 0.929. The minimum atomic E-state index is -0.175. The van der Waals surface area contributed by atoms with Crippen LogP contribution < -0.4 is 5.32 Å². The Morgan fingerprint density at radius 3 is 2.56 bits per heavy atom. The number of hydrogen-bond donors (Lipinski definition) is 1. The van der Waals surface area contributed by atoms with Gasteiger partial charge in [-0.05, 0) is 32.1 Å². The number of nitrogens with one attached hydrogen (secondary N) is 1. The summed E-state index contributed by atoms with van der Waals surface area (Å²) in [5.74, 6) is 0.130. The first-order chi connectivity index (χ1) is 8.52. The number of hydrogen-bond acceptors (Lipinski definition) is 4. The predicted molar refractivity (Wildman–Crippen MR) is 71.4 cm³/mol. The van der Waals surface area contributed by atoms with Crippen LogP contribution in [0.1, 0.15) is 40.0 Å². The molecule has 1 aliphatic carbocycles. The van der Waals surface area contributed by atoms with E-state index in [1.165, 1.54) is 20.0 Å². The number of esters is 1. The molecule has 0 amide bonds. The van der Waals surface area contributed by atoms with Crippen LogP contribution in [0.5, 0.6) is 0 Å². The fourth-order valence-corrected chi connectivity index (χ4v) is 3.01. The highest BCUT2D eigenvalue weighted by Crippen LogP contribution is 2.33. The van der Waals surface area contributed by atoms with Gasteiger partial charge in [-0.25, -0.2) is 0 Å². The lowest BCUT2D eigenvalue weighted by atomic mass is 10.0. The molecular formula is C14H26N2O2. The van der Waals surface area contributed by atoms with Crippen molar-refractivity contribution in [3.8, 4) is 0 Å². The van der Waals surface area contributed by atoms with Gasteiger partial charge in [-0.2, -0.15) is 0 Å². The van der Waals surface area contributed by atoms with Crippen molar-refractivity contribution in [2.75, 3.05) is 13.7 Å². The van der Waals surface area contributed by atoms with E-state index >= 15 is 0 Å². The van der Waals surface area contributed by atoms with E-state index in [4.69, 9.17) is 4.74 Å². The maximum Gasteiger partial charge on any atom is 0.323 e. The van der Waals surface area contributed by atoms with Gasteiger partial charge in [0.15, 0.2) is 0 Å². The second-order valence-corrected chi connectivity index (χ2v) is 6.12. The van der Waals surface area contributed by atoms with Gasteiger partial charge in [-0.15, -0.1) is 0 Å². The third-order valence-corrected chi connectivity index (χ3v) is 4.18. The van der Waals surface area contributed by atoms with Crippen molar-refractivity contribution >= 4 is 5.97 Å². The number of likely N-dealkylation sites (tertiary alicyclic amines) is 1. The van der Waals surface area contributed by atoms with Crippen molar-refractivity contribution in [2.45, 2.75) is 64.2 Å². The van der Waals surface area contributed by atoms with Gasteiger partial charge in [0.2, 0.25) is 0 Å². The van der Waals surface area contributed by atoms with Gasteiger partial charge in [0.1, 0.15) is 6.04 Å². The van der Waals surface area contributed by atoms with Gasteiger partial charge in [-0.1, -0.05) is 13.8 Å². The van der Waals surface area contributed by atoms with E-state index in [1.54, 1.807) is 0 Å². The van der Waals surface area contributed by atoms with Gasteiger partial charge in [-0.3, -0.25) is 9.69 Å². The smallest absolute Gasteiger partial charge is 0.323 e. The van der Waals surface area contributed by atoms with E-state index in [0.29, 0.717) is 12.1 Å². The van der Waals surface area contributed by atoms with E-state index in [1.807, 2.05) is 0 Å². The number of ether oxygens (including phenoxy) is 1. The molecule has 4 heteroatoms. The van der Waals surface area contributed by atoms with Crippen molar-refractivity contribution in [3.63, 3.8) is 0 Å². The highest BCUT2D eigenvalue weighted by atomic mass is 16.5. The molecule has 0 aromatic rings. The molecule has 0 bridgehead atoms. The van der Waals surface area contributed by atoms with E-state index in [9.17, 15) is 4.79 Å². The van der Waals surface area contributed by atoms with E-state index in [2.05, 4.69) is 31.0 Å². The maximum absolute atomic E-state index is 11.8. The molecule has 2 unspecified atom stereocenters. The first-order valence-electron chi connectivity index (χ1n) is 7.12. The van der Waals surface area contributed by atoms with Crippen LogP contribution in [0.4, 0.5) is 0 Å². The average Bonchev–Trinajstić information content (AvgIpc) is 3.09. The zero-order valence-corrected chi connectivity index (χ0v) is 12.0. The topological polar surface area (TPSA) is 41.6 Å². The number of rotatable bonds is 5. The molecule has 1 aliphatic heterocycles. The summed E-state index contributed by atoms with van der Waals surface area (Å²) in [4.78, 5) is 14.3. The lowest BCUT2D eigenvalue weighted by Crippen LogP contribution is -2.48. The summed E-state index contributed by atoms with van der Waals surface area (Å²) in [6, 6.07) is 1.70. The third kappa shape index (κ3) is 3.04. The molecule has 1 N–H and O–H groups in total. The van der Waals surface area contributed by atoms with Crippen LogP contribution in [0.25, 0.3) is 0 Å². The van der Waals surface area contributed by atoms with Crippen LogP contribution >= 0.6 is 0 Å². The molecule has 104 valence electrons.